The number of halogens is 1. The van der Waals surface area contributed by atoms with E-state index in [4.69, 9.17) is 21.1 Å². The van der Waals surface area contributed by atoms with Crippen LogP contribution in [0.1, 0.15) is 42.7 Å². The highest BCUT2D eigenvalue weighted by Crippen LogP contribution is 2.44. The van der Waals surface area contributed by atoms with Crippen molar-refractivity contribution in [3.63, 3.8) is 0 Å². The maximum absolute atomic E-state index is 9.23. The summed E-state index contributed by atoms with van der Waals surface area (Å²) in [6.45, 7) is 1.41. The summed E-state index contributed by atoms with van der Waals surface area (Å²) in [5.41, 5.74) is 2.85. The third kappa shape index (κ3) is 2.13. The summed E-state index contributed by atoms with van der Waals surface area (Å²) in [7, 11) is 0. The van der Waals surface area contributed by atoms with Gasteiger partial charge in [-0.1, -0.05) is 17.7 Å². The van der Waals surface area contributed by atoms with Gasteiger partial charge >= 0.3 is 0 Å². The van der Waals surface area contributed by atoms with Crippen molar-refractivity contribution in [2.75, 3.05) is 13.2 Å². The highest BCUT2D eigenvalue weighted by Gasteiger charge is 2.40. The fourth-order valence-electron chi connectivity index (χ4n) is 3.81. The predicted octanol–water partition coefficient (Wildman–Crippen LogP) is 4.09. The van der Waals surface area contributed by atoms with Crippen molar-refractivity contribution < 1.29 is 9.47 Å². The molecule has 1 aromatic heterocycles. The lowest BCUT2D eigenvalue weighted by molar-refractivity contribution is -0.178. The molecule has 0 amide bonds. The fraction of sp³-hybridized carbons (Fsp3) is 0.471. The van der Waals surface area contributed by atoms with Crippen molar-refractivity contribution in [2.24, 2.45) is 0 Å². The Bertz CT molecular complexity index is 746. The minimum atomic E-state index is -0.338. The van der Waals surface area contributed by atoms with Gasteiger partial charge in [0.2, 0.25) is 0 Å². The Kier molecular flexibility index (Phi) is 3.37. The largest absolute Gasteiger partial charge is 0.360 e. The van der Waals surface area contributed by atoms with Crippen LogP contribution in [-0.4, -0.2) is 24.0 Å². The SMILES string of the molecule is N#Cc1c[nH]c2c(C3CCC4(CC3)OCCO4)ccc(Cl)c12. The second-order valence-electron chi connectivity index (χ2n) is 6.08. The molecule has 4 nitrogen and oxygen atoms in total. The molecule has 2 heterocycles. The second-order valence-corrected chi connectivity index (χ2v) is 6.49. The van der Waals surface area contributed by atoms with E-state index in [0.717, 1.165) is 36.6 Å². The van der Waals surface area contributed by atoms with Gasteiger partial charge in [0.15, 0.2) is 5.79 Å². The van der Waals surface area contributed by atoms with Gasteiger partial charge in [-0.25, -0.2) is 0 Å². The fourth-order valence-corrected chi connectivity index (χ4v) is 4.07. The van der Waals surface area contributed by atoms with Gasteiger partial charge in [-0.15, -0.1) is 0 Å². The van der Waals surface area contributed by atoms with Crippen molar-refractivity contribution in [3.05, 3.63) is 34.5 Å². The van der Waals surface area contributed by atoms with E-state index in [9.17, 15) is 5.26 Å². The van der Waals surface area contributed by atoms with Crippen LogP contribution in [0.25, 0.3) is 10.9 Å². The number of aromatic nitrogens is 1. The first-order valence-corrected chi connectivity index (χ1v) is 8.08. The molecule has 0 radical (unpaired) electrons. The molecule has 22 heavy (non-hydrogen) atoms. The zero-order valence-electron chi connectivity index (χ0n) is 12.2. The van der Waals surface area contributed by atoms with Gasteiger partial charge in [-0.05, 0) is 30.4 Å². The number of benzene rings is 1. The molecule has 1 aromatic carbocycles. The summed E-state index contributed by atoms with van der Waals surface area (Å²) in [5.74, 6) is 0.110. The molecule has 2 aromatic rings. The van der Waals surface area contributed by atoms with Crippen LogP contribution in [0.2, 0.25) is 5.02 Å². The molecule has 2 aliphatic rings. The lowest BCUT2D eigenvalue weighted by Crippen LogP contribution is -2.34. The number of fused-ring (bicyclic) bond motifs is 1. The van der Waals surface area contributed by atoms with E-state index in [1.54, 1.807) is 6.20 Å². The number of rotatable bonds is 1. The van der Waals surface area contributed by atoms with E-state index in [2.05, 4.69) is 17.1 Å². The van der Waals surface area contributed by atoms with E-state index in [0.29, 0.717) is 29.7 Å². The number of H-pyrrole nitrogens is 1. The molecule has 1 saturated carbocycles. The normalized spacial score (nSPS) is 21.5. The maximum Gasteiger partial charge on any atom is 0.168 e. The number of hydrogen-bond acceptors (Lipinski definition) is 3. The molecule has 0 atom stereocenters. The van der Waals surface area contributed by atoms with Crippen LogP contribution in [0.15, 0.2) is 18.3 Å². The molecular weight excluding hydrogens is 300 g/mol. The minimum absolute atomic E-state index is 0.338. The Morgan fingerprint density at radius 1 is 1.23 bits per heavy atom. The summed E-state index contributed by atoms with van der Waals surface area (Å²) in [6, 6.07) is 6.19. The van der Waals surface area contributed by atoms with Crippen molar-refractivity contribution in [1.82, 2.24) is 4.98 Å². The monoisotopic (exact) mass is 316 g/mol. The van der Waals surface area contributed by atoms with E-state index >= 15 is 0 Å². The molecule has 0 unspecified atom stereocenters. The number of nitrogens with zero attached hydrogens (tertiary/aromatic N) is 1. The third-order valence-electron chi connectivity index (χ3n) is 4.94. The lowest BCUT2D eigenvalue weighted by Gasteiger charge is -2.35. The quantitative estimate of drug-likeness (QED) is 0.862. The van der Waals surface area contributed by atoms with Gasteiger partial charge in [0, 0.05) is 24.4 Å². The van der Waals surface area contributed by atoms with Crippen LogP contribution in [0.5, 0.6) is 0 Å². The van der Waals surface area contributed by atoms with Crippen LogP contribution in [-0.2, 0) is 9.47 Å². The summed E-state index contributed by atoms with van der Waals surface area (Å²) < 4.78 is 11.6. The number of aromatic amines is 1. The average Bonchev–Trinajstić information content (AvgIpc) is 3.17. The molecule has 114 valence electrons. The zero-order valence-corrected chi connectivity index (χ0v) is 12.9. The molecule has 1 saturated heterocycles. The van der Waals surface area contributed by atoms with Crippen molar-refractivity contribution in [1.29, 1.82) is 5.26 Å². The van der Waals surface area contributed by atoms with Crippen molar-refractivity contribution in [2.45, 2.75) is 37.4 Å². The van der Waals surface area contributed by atoms with Crippen molar-refractivity contribution >= 4 is 22.5 Å². The Morgan fingerprint density at radius 3 is 2.64 bits per heavy atom. The van der Waals surface area contributed by atoms with E-state index < -0.39 is 0 Å². The molecule has 1 spiro atoms. The van der Waals surface area contributed by atoms with Crippen LogP contribution < -0.4 is 0 Å². The molecular formula is C17H17ClN2O2. The first-order chi connectivity index (χ1) is 10.7. The topological polar surface area (TPSA) is 58.0 Å². The lowest BCUT2D eigenvalue weighted by atomic mass is 9.80. The molecule has 1 aliphatic heterocycles. The van der Waals surface area contributed by atoms with Crippen LogP contribution in [0.4, 0.5) is 0 Å². The van der Waals surface area contributed by atoms with Gasteiger partial charge in [0.1, 0.15) is 6.07 Å². The molecule has 4 rings (SSSR count). The summed E-state index contributed by atoms with van der Waals surface area (Å²) in [6.07, 6.45) is 5.64. The maximum atomic E-state index is 9.23. The van der Waals surface area contributed by atoms with Gasteiger partial charge < -0.3 is 14.5 Å². The first-order valence-electron chi connectivity index (χ1n) is 7.70. The van der Waals surface area contributed by atoms with Gasteiger partial charge in [0.05, 0.1) is 29.3 Å². The molecule has 1 N–H and O–H groups in total. The number of nitriles is 1. The summed E-state index contributed by atoms with van der Waals surface area (Å²) in [5, 5.41) is 10.7. The summed E-state index contributed by atoms with van der Waals surface area (Å²) in [4.78, 5) is 3.24. The predicted molar refractivity (Wildman–Crippen MR) is 83.9 cm³/mol. The van der Waals surface area contributed by atoms with Gasteiger partial charge in [-0.2, -0.15) is 5.26 Å². The van der Waals surface area contributed by atoms with Crippen LogP contribution in [0.3, 0.4) is 0 Å². The van der Waals surface area contributed by atoms with E-state index in [1.165, 1.54) is 5.56 Å². The standard InChI is InChI=1S/C17H17ClN2O2/c18-14-2-1-13(16-15(14)12(9-19)10-20-16)11-3-5-17(6-4-11)21-7-8-22-17/h1-2,10-11,20H,3-8H2. The molecule has 5 heteroatoms. The van der Waals surface area contributed by atoms with Crippen LogP contribution in [0, 0.1) is 11.3 Å². The van der Waals surface area contributed by atoms with Crippen molar-refractivity contribution in [3.8, 4) is 6.07 Å². The minimum Gasteiger partial charge on any atom is -0.360 e. The smallest absolute Gasteiger partial charge is 0.168 e. The third-order valence-corrected chi connectivity index (χ3v) is 5.25. The zero-order chi connectivity index (χ0) is 15.2. The number of hydrogen-bond donors (Lipinski definition) is 1. The van der Waals surface area contributed by atoms with Gasteiger partial charge in [-0.3, -0.25) is 0 Å². The Labute approximate surface area is 134 Å². The Morgan fingerprint density at radius 2 is 1.95 bits per heavy atom. The highest BCUT2D eigenvalue weighted by molar-refractivity contribution is 6.36. The number of nitrogens with one attached hydrogen (secondary N) is 1. The second kappa shape index (κ2) is 5.27. The Balaban J connectivity index is 1.67. The van der Waals surface area contributed by atoms with Crippen LogP contribution >= 0.6 is 11.6 Å². The first kappa shape index (κ1) is 14.1. The molecule has 0 bridgehead atoms. The molecule has 1 aliphatic carbocycles. The van der Waals surface area contributed by atoms with E-state index in [-0.39, 0.29) is 5.79 Å². The highest BCUT2D eigenvalue weighted by atomic mass is 35.5. The summed E-state index contributed by atoms with van der Waals surface area (Å²) >= 11 is 6.28. The van der Waals surface area contributed by atoms with E-state index in [1.807, 2.05) is 6.07 Å². The molecule has 2 fully saturated rings. The van der Waals surface area contributed by atoms with Gasteiger partial charge in [0.25, 0.3) is 0 Å². The Hall–Kier alpha value is -1.54. The number of ether oxygens (including phenoxy) is 2. The average molecular weight is 317 g/mol.